The van der Waals surface area contributed by atoms with Crippen molar-refractivity contribution < 1.29 is 27.0 Å². The molecule has 4 nitrogen and oxygen atoms in total. The molecule has 2 rings (SSSR count). The lowest BCUT2D eigenvalue weighted by Gasteiger charge is -2.19. The van der Waals surface area contributed by atoms with Gasteiger partial charge >= 0.3 is 6.18 Å². The Morgan fingerprint density at radius 1 is 1.13 bits per heavy atom. The molecule has 1 aromatic rings. The van der Waals surface area contributed by atoms with Crippen molar-refractivity contribution in [2.75, 3.05) is 6.26 Å². The highest BCUT2D eigenvalue weighted by molar-refractivity contribution is 7.84. The number of halogens is 3. The van der Waals surface area contributed by atoms with Gasteiger partial charge in [-0.25, -0.2) is 0 Å². The topological polar surface area (TPSA) is 75.0 Å². The minimum Gasteiger partial charge on any atom is -0.289 e. The van der Waals surface area contributed by atoms with Crippen molar-refractivity contribution in [2.45, 2.75) is 11.1 Å². The molecule has 1 unspecified atom stereocenters. The maximum atomic E-state index is 13.2. The van der Waals surface area contributed by atoms with E-state index < -0.39 is 39.7 Å². The molecule has 0 bridgehead atoms. The van der Waals surface area contributed by atoms with Crippen LogP contribution in [-0.2, 0) is 20.4 Å². The van der Waals surface area contributed by atoms with Gasteiger partial charge in [-0.05, 0) is 24.3 Å². The van der Waals surface area contributed by atoms with Gasteiger partial charge in [-0.2, -0.15) is 18.4 Å². The summed E-state index contributed by atoms with van der Waals surface area (Å²) in [4.78, 5) is 23.5. The zero-order chi connectivity index (χ0) is 17.4. The first-order valence-electron chi connectivity index (χ1n) is 6.13. The fraction of sp³-hybridized carbons (Fsp3) is 0.133. The van der Waals surface area contributed by atoms with Crippen molar-refractivity contribution in [3.63, 3.8) is 0 Å². The number of hydrogen-bond acceptors (Lipinski definition) is 4. The predicted molar refractivity (Wildman–Crippen MR) is 75.6 cm³/mol. The fourth-order valence-corrected chi connectivity index (χ4v) is 2.92. The zero-order valence-corrected chi connectivity index (χ0v) is 12.4. The highest BCUT2D eigenvalue weighted by Gasteiger charge is 2.43. The smallest absolute Gasteiger partial charge is 0.289 e. The summed E-state index contributed by atoms with van der Waals surface area (Å²) in [5, 5.41) is 8.85. The van der Waals surface area contributed by atoms with Gasteiger partial charge in [0.1, 0.15) is 5.57 Å². The molecule has 1 aromatic carbocycles. The Kier molecular flexibility index (Phi) is 4.34. The largest absolute Gasteiger partial charge is 0.420 e. The average Bonchev–Trinajstić information content (AvgIpc) is 2.47. The monoisotopic (exact) mass is 339 g/mol. The quantitative estimate of drug-likeness (QED) is 0.775. The summed E-state index contributed by atoms with van der Waals surface area (Å²) in [5.74, 6) is -2.35. The zero-order valence-electron chi connectivity index (χ0n) is 11.6. The van der Waals surface area contributed by atoms with Gasteiger partial charge in [0.2, 0.25) is 0 Å². The molecule has 1 atom stereocenters. The molecule has 0 aliphatic heterocycles. The van der Waals surface area contributed by atoms with Crippen molar-refractivity contribution in [3.05, 3.63) is 47.1 Å². The molecule has 0 aromatic heterocycles. The van der Waals surface area contributed by atoms with E-state index in [0.29, 0.717) is 6.08 Å². The third kappa shape index (κ3) is 3.14. The van der Waals surface area contributed by atoms with Gasteiger partial charge in [-0.15, -0.1) is 0 Å². The van der Waals surface area contributed by atoms with Gasteiger partial charge in [-0.1, -0.05) is 6.07 Å². The third-order valence-electron chi connectivity index (χ3n) is 3.10. The number of carbonyl (C=O) groups is 2. The number of nitrogens with zero attached hydrogens (tertiary/aromatic N) is 1. The highest BCUT2D eigenvalue weighted by atomic mass is 32.2. The van der Waals surface area contributed by atoms with Crippen LogP contribution in [0.15, 0.2) is 40.8 Å². The molecule has 0 heterocycles. The van der Waals surface area contributed by atoms with Crippen molar-refractivity contribution in [1.82, 2.24) is 0 Å². The summed E-state index contributed by atoms with van der Waals surface area (Å²) in [5.41, 5.74) is -2.63. The lowest BCUT2D eigenvalue weighted by molar-refractivity contribution is -0.126. The Morgan fingerprint density at radius 2 is 1.74 bits per heavy atom. The molecule has 118 valence electrons. The van der Waals surface area contributed by atoms with E-state index in [2.05, 4.69) is 0 Å². The fourth-order valence-electron chi connectivity index (χ4n) is 2.15. The van der Waals surface area contributed by atoms with Gasteiger partial charge in [0.05, 0.1) is 22.4 Å². The SMILES string of the molecule is CS(=O)c1cc(C#N)ccc1C1=C(C(F)(F)F)C(=O)C=CC1=O. The molecule has 23 heavy (non-hydrogen) atoms. The average molecular weight is 339 g/mol. The molecule has 0 amide bonds. The molecule has 0 spiro atoms. The Balaban J connectivity index is 2.86. The van der Waals surface area contributed by atoms with Gasteiger partial charge in [-0.3, -0.25) is 13.8 Å². The standard InChI is InChI=1S/C15H8F3NO3S/c1-23(22)12-6-8(7-19)2-3-9(12)13-10(20)4-5-11(21)14(13)15(16,17)18/h2-6H,1H3. The lowest BCUT2D eigenvalue weighted by Crippen LogP contribution is -2.26. The van der Waals surface area contributed by atoms with Crippen LogP contribution in [0.25, 0.3) is 5.57 Å². The molecule has 0 N–H and O–H groups in total. The van der Waals surface area contributed by atoms with Crippen LogP contribution in [0.3, 0.4) is 0 Å². The molecule has 1 aliphatic rings. The Hall–Kier alpha value is -2.53. The van der Waals surface area contributed by atoms with E-state index in [9.17, 15) is 27.0 Å². The number of ketones is 2. The predicted octanol–water partition coefficient (Wildman–Crippen LogP) is 2.32. The van der Waals surface area contributed by atoms with Gasteiger partial charge in [0, 0.05) is 22.3 Å². The maximum absolute atomic E-state index is 13.2. The second kappa shape index (κ2) is 5.93. The van der Waals surface area contributed by atoms with E-state index in [1.807, 2.05) is 0 Å². The van der Waals surface area contributed by atoms with Crippen molar-refractivity contribution >= 4 is 27.9 Å². The molecular formula is C15H8F3NO3S. The number of benzene rings is 1. The van der Waals surface area contributed by atoms with Crippen LogP contribution in [0, 0.1) is 11.3 Å². The first-order valence-corrected chi connectivity index (χ1v) is 7.68. The number of nitriles is 1. The summed E-state index contributed by atoms with van der Waals surface area (Å²) in [7, 11) is -1.76. The van der Waals surface area contributed by atoms with Gasteiger partial charge in [0.25, 0.3) is 0 Å². The Bertz CT molecular complexity index is 845. The normalized spacial score (nSPS) is 16.5. The maximum Gasteiger partial charge on any atom is 0.420 e. The van der Waals surface area contributed by atoms with Crippen molar-refractivity contribution in [1.29, 1.82) is 5.26 Å². The Labute approximate surface area is 131 Å². The number of alkyl halides is 3. The minimum atomic E-state index is -5.03. The number of carbonyl (C=O) groups excluding carboxylic acids is 2. The third-order valence-corrected chi connectivity index (χ3v) is 4.06. The van der Waals surface area contributed by atoms with Crippen LogP contribution in [0.4, 0.5) is 13.2 Å². The molecule has 0 saturated carbocycles. The minimum absolute atomic E-state index is 0.0817. The summed E-state index contributed by atoms with van der Waals surface area (Å²) >= 11 is 0. The molecule has 0 fully saturated rings. The molecule has 1 aliphatic carbocycles. The van der Waals surface area contributed by atoms with E-state index in [1.165, 1.54) is 12.3 Å². The highest BCUT2D eigenvalue weighted by Crippen LogP contribution is 2.37. The number of allylic oxidation sites excluding steroid dienone is 4. The van der Waals surface area contributed by atoms with Crippen LogP contribution >= 0.6 is 0 Å². The second-order valence-electron chi connectivity index (χ2n) is 4.59. The first-order chi connectivity index (χ1) is 10.7. The number of hydrogen-bond donors (Lipinski definition) is 0. The van der Waals surface area contributed by atoms with Crippen LogP contribution in [0.5, 0.6) is 0 Å². The van der Waals surface area contributed by atoms with Gasteiger partial charge < -0.3 is 0 Å². The summed E-state index contributed by atoms with van der Waals surface area (Å²) < 4.78 is 51.4. The summed E-state index contributed by atoms with van der Waals surface area (Å²) in [6.45, 7) is 0. The lowest BCUT2D eigenvalue weighted by atomic mass is 9.89. The van der Waals surface area contributed by atoms with E-state index in [4.69, 9.17) is 5.26 Å². The van der Waals surface area contributed by atoms with Crippen LogP contribution in [0.1, 0.15) is 11.1 Å². The molecule has 0 radical (unpaired) electrons. The van der Waals surface area contributed by atoms with Crippen molar-refractivity contribution in [3.8, 4) is 6.07 Å². The van der Waals surface area contributed by atoms with E-state index in [-0.39, 0.29) is 16.0 Å². The van der Waals surface area contributed by atoms with E-state index in [0.717, 1.165) is 18.2 Å². The first kappa shape index (κ1) is 16.8. The van der Waals surface area contributed by atoms with Crippen molar-refractivity contribution in [2.24, 2.45) is 0 Å². The molecular weight excluding hydrogens is 331 g/mol. The number of rotatable bonds is 2. The van der Waals surface area contributed by atoms with E-state index in [1.54, 1.807) is 6.07 Å². The Morgan fingerprint density at radius 3 is 2.26 bits per heavy atom. The summed E-state index contributed by atoms with van der Waals surface area (Å²) in [6.07, 6.45) is -2.53. The van der Waals surface area contributed by atoms with Gasteiger partial charge in [0.15, 0.2) is 11.6 Å². The molecule has 0 saturated heterocycles. The summed E-state index contributed by atoms with van der Waals surface area (Å²) in [6, 6.07) is 5.21. The van der Waals surface area contributed by atoms with Crippen LogP contribution < -0.4 is 0 Å². The second-order valence-corrected chi connectivity index (χ2v) is 5.93. The van der Waals surface area contributed by atoms with Crippen LogP contribution in [0.2, 0.25) is 0 Å². The molecule has 8 heteroatoms. The van der Waals surface area contributed by atoms with Crippen LogP contribution in [-0.4, -0.2) is 28.2 Å². The van der Waals surface area contributed by atoms with E-state index >= 15 is 0 Å².